The van der Waals surface area contributed by atoms with Gasteiger partial charge in [-0.3, -0.25) is 4.57 Å². The molecule has 1 aromatic heterocycles. The van der Waals surface area contributed by atoms with Crippen LogP contribution in [0, 0.1) is 17.8 Å². The van der Waals surface area contributed by atoms with Crippen LogP contribution in [0.1, 0.15) is 63.2 Å². The molecule has 1 heterocycles. The van der Waals surface area contributed by atoms with Crippen molar-refractivity contribution in [1.82, 2.24) is 4.57 Å². The lowest BCUT2D eigenvalue weighted by Gasteiger charge is -2.27. The van der Waals surface area contributed by atoms with Crippen molar-refractivity contribution in [2.45, 2.75) is 66.2 Å². The van der Waals surface area contributed by atoms with Crippen LogP contribution >= 0.6 is 23.6 Å². The van der Waals surface area contributed by atoms with E-state index < -0.39 is 0 Å². The molecule has 0 bridgehead atoms. The van der Waals surface area contributed by atoms with Gasteiger partial charge in [0.15, 0.2) is 3.95 Å². The molecule has 0 fully saturated rings. The largest absolute Gasteiger partial charge is 0.295 e. The summed E-state index contributed by atoms with van der Waals surface area (Å²) in [7, 11) is 0. The van der Waals surface area contributed by atoms with Crippen LogP contribution in [0.15, 0.2) is 42.5 Å². The molecule has 2 aromatic carbocycles. The van der Waals surface area contributed by atoms with Crippen LogP contribution in [-0.4, -0.2) is 4.57 Å². The van der Waals surface area contributed by atoms with Crippen LogP contribution in [0.2, 0.25) is 0 Å². The first-order valence-corrected chi connectivity index (χ1v) is 11.1. The van der Waals surface area contributed by atoms with E-state index in [1.165, 1.54) is 38.5 Å². The second-order valence-electron chi connectivity index (χ2n) is 9.66. The zero-order valence-corrected chi connectivity index (χ0v) is 19.9. The van der Waals surface area contributed by atoms with Gasteiger partial charge in [-0.2, -0.15) is 0 Å². The number of nitrogens with zero attached hydrogens (tertiary/aromatic N) is 1. The third kappa shape index (κ3) is 4.01. The molecule has 3 heteroatoms. The Balaban J connectivity index is 2.33. The van der Waals surface area contributed by atoms with E-state index in [9.17, 15) is 0 Å². The number of aromatic nitrogens is 1. The molecule has 148 valence electrons. The lowest BCUT2D eigenvalue weighted by atomic mass is 9.79. The van der Waals surface area contributed by atoms with Gasteiger partial charge in [0, 0.05) is 16.1 Å². The Hall–Kier alpha value is -1.71. The third-order valence-corrected chi connectivity index (χ3v) is 6.78. The maximum absolute atomic E-state index is 5.70. The Labute approximate surface area is 179 Å². The standard InChI is InChI=1S/C25H31NS2/c1-16-17(2)28-23(27)26(16)22-12-10-9-11-21(22)18-13-19(24(3,4)5)15-20(14-18)25(6,7)8/h9-15H,1-8H3. The SMILES string of the molecule is Cc1sc(=S)n(-c2ccccc2-c2cc(C(C)(C)C)cc(C(C)(C)C)c2)c1C. The van der Waals surface area contributed by atoms with Crippen molar-refractivity contribution in [2.24, 2.45) is 0 Å². The predicted octanol–water partition coefficient (Wildman–Crippen LogP) is 8.15. The summed E-state index contributed by atoms with van der Waals surface area (Å²) in [5, 5.41) is 0. The first kappa shape index (κ1) is 21.0. The summed E-state index contributed by atoms with van der Waals surface area (Å²) >= 11 is 7.39. The molecule has 0 aliphatic heterocycles. The summed E-state index contributed by atoms with van der Waals surface area (Å²) < 4.78 is 3.14. The Kier molecular flexibility index (Phi) is 5.46. The molecule has 0 saturated heterocycles. The number of benzene rings is 2. The fraction of sp³-hybridized carbons (Fsp3) is 0.400. The van der Waals surface area contributed by atoms with E-state index in [-0.39, 0.29) is 10.8 Å². The topological polar surface area (TPSA) is 4.93 Å². The molecule has 3 rings (SSSR count). The van der Waals surface area contributed by atoms with E-state index in [2.05, 4.69) is 102 Å². The number of rotatable bonds is 2. The average molecular weight is 410 g/mol. The van der Waals surface area contributed by atoms with Crippen LogP contribution in [0.3, 0.4) is 0 Å². The lowest BCUT2D eigenvalue weighted by Crippen LogP contribution is -2.16. The van der Waals surface area contributed by atoms with Gasteiger partial charge in [0.05, 0.1) is 5.69 Å². The third-order valence-electron chi connectivity index (χ3n) is 5.39. The molecule has 0 unspecified atom stereocenters. The summed E-state index contributed by atoms with van der Waals surface area (Å²) in [4.78, 5) is 1.28. The number of hydrogen-bond acceptors (Lipinski definition) is 2. The van der Waals surface area contributed by atoms with Gasteiger partial charge >= 0.3 is 0 Å². The van der Waals surface area contributed by atoms with Gasteiger partial charge in [-0.15, -0.1) is 11.3 Å². The van der Waals surface area contributed by atoms with Crippen LogP contribution in [-0.2, 0) is 10.8 Å². The van der Waals surface area contributed by atoms with Crippen molar-refractivity contribution in [3.8, 4) is 16.8 Å². The van der Waals surface area contributed by atoms with Gasteiger partial charge in [0.25, 0.3) is 0 Å². The molecule has 0 radical (unpaired) electrons. The summed E-state index contributed by atoms with van der Waals surface area (Å²) in [6, 6.07) is 15.7. The zero-order valence-electron chi connectivity index (χ0n) is 18.3. The maximum Gasteiger partial charge on any atom is 0.166 e. The molecule has 28 heavy (non-hydrogen) atoms. The molecule has 3 aromatic rings. The number of aryl methyl sites for hydroxylation is 1. The zero-order chi connectivity index (χ0) is 20.9. The van der Waals surface area contributed by atoms with Gasteiger partial charge in [-0.1, -0.05) is 77.9 Å². The minimum atomic E-state index is 0.0934. The average Bonchev–Trinajstić information content (AvgIpc) is 2.85. The Morgan fingerprint density at radius 1 is 0.821 bits per heavy atom. The summed E-state index contributed by atoms with van der Waals surface area (Å²) in [5.41, 5.74) is 7.81. The lowest BCUT2D eigenvalue weighted by molar-refractivity contribution is 0.569. The van der Waals surface area contributed by atoms with E-state index >= 15 is 0 Å². The smallest absolute Gasteiger partial charge is 0.166 e. The highest BCUT2D eigenvalue weighted by Gasteiger charge is 2.22. The van der Waals surface area contributed by atoms with Gasteiger partial charge in [0.1, 0.15) is 0 Å². The Morgan fingerprint density at radius 3 is 1.82 bits per heavy atom. The number of thiazole rings is 1. The summed E-state index contributed by atoms with van der Waals surface area (Å²) in [6.07, 6.45) is 0. The van der Waals surface area contributed by atoms with E-state index in [0.29, 0.717) is 0 Å². The molecule has 0 aliphatic rings. The van der Waals surface area contributed by atoms with E-state index in [0.717, 1.165) is 3.95 Å². The van der Waals surface area contributed by atoms with Gasteiger partial charge < -0.3 is 0 Å². The summed E-state index contributed by atoms with van der Waals surface area (Å²) in [5.74, 6) is 0. The molecular weight excluding hydrogens is 378 g/mol. The molecule has 0 saturated carbocycles. The molecular formula is C25H31NS2. The highest BCUT2D eigenvalue weighted by molar-refractivity contribution is 7.73. The van der Waals surface area contributed by atoms with Crippen molar-refractivity contribution in [1.29, 1.82) is 0 Å². The molecule has 0 atom stereocenters. The normalized spacial score (nSPS) is 12.4. The quantitative estimate of drug-likeness (QED) is 0.387. The van der Waals surface area contributed by atoms with Crippen molar-refractivity contribution >= 4 is 23.6 Å². The number of para-hydroxylation sites is 1. The Morgan fingerprint density at radius 2 is 1.36 bits per heavy atom. The molecule has 0 spiro atoms. The fourth-order valence-corrected chi connectivity index (χ4v) is 4.82. The van der Waals surface area contributed by atoms with Crippen LogP contribution in [0.25, 0.3) is 16.8 Å². The number of hydrogen-bond donors (Lipinski definition) is 0. The second kappa shape index (κ2) is 7.27. The molecule has 0 aliphatic carbocycles. The van der Waals surface area contributed by atoms with Crippen molar-refractivity contribution in [3.05, 3.63) is 68.1 Å². The molecule has 1 nitrogen and oxygen atoms in total. The van der Waals surface area contributed by atoms with Crippen LogP contribution in [0.5, 0.6) is 0 Å². The van der Waals surface area contributed by atoms with Gasteiger partial charge in [0.2, 0.25) is 0 Å². The monoisotopic (exact) mass is 409 g/mol. The van der Waals surface area contributed by atoms with E-state index in [1.807, 2.05) is 0 Å². The first-order chi connectivity index (χ1) is 12.9. The van der Waals surface area contributed by atoms with Gasteiger partial charge in [-0.05, 0) is 59.7 Å². The van der Waals surface area contributed by atoms with Crippen molar-refractivity contribution in [2.75, 3.05) is 0 Å². The highest BCUT2D eigenvalue weighted by Crippen LogP contribution is 2.37. The molecule has 0 amide bonds. The van der Waals surface area contributed by atoms with Crippen LogP contribution in [0.4, 0.5) is 0 Å². The highest BCUT2D eigenvalue weighted by atomic mass is 32.1. The minimum absolute atomic E-state index is 0.0934. The van der Waals surface area contributed by atoms with E-state index in [1.54, 1.807) is 11.3 Å². The second-order valence-corrected chi connectivity index (χ2v) is 11.5. The van der Waals surface area contributed by atoms with Crippen molar-refractivity contribution in [3.63, 3.8) is 0 Å². The summed E-state index contributed by atoms with van der Waals surface area (Å²) in [6.45, 7) is 18.0. The van der Waals surface area contributed by atoms with Crippen molar-refractivity contribution < 1.29 is 0 Å². The first-order valence-electron chi connectivity index (χ1n) is 9.84. The predicted molar refractivity (Wildman–Crippen MR) is 127 cm³/mol. The Bertz CT molecular complexity index is 1040. The van der Waals surface area contributed by atoms with E-state index in [4.69, 9.17) is 12.2 Å². The molecule has 0 N–H and O–H groups in total. The van der Waals surface area contributed by atoms with Gasteiger partial charge in [-0.25, -0.2) is 0 Å². The maximum atomic E-state index is 5.70. The fourth-order valence-electron chi connectivity index (χ4n) is 3.39. The van der Waals surface area contributed by atoms with Crippen LogP contribution < -0.4 is 0 Å². The minimum Gasteiger partial charge on any atom is -0.295 e.